The molecule has 0 aliphatic carbocycles. The third-order valence-corrected chi connectivity index (χ3v) is 3.18. The number of rotatable bonds is 7. The second-order valence-corrected chi connectivity index (χ2v) is 4.99. The first-order valence-electron chi connectivity index (χ1n) is 6.64. The molecule has 1 atom stereocenters. The molecule has 0 aliphatic heterocycles. The molecular weight excluding hydrogens is 323 g/mol. The number of nitrogens with zero attached hydrogens (tertiary/aromatic N) is 1. The number of anilines is 1. The molecule has 1 amide bonds. The Bertz CT molecular complexity index is 508. The second-order valence-electron chi connectivity index (χ2n) is 4.58. The average molecular weight is 340 g/mol. The molecule has 0 spiro atoms. The minimum atomic E-state index is -4.51. The molecule has 0 radical (unpaired) electrons. The Morgan fingerprint density at radius 2 is 2.18 bits per heavy atom. The molecule has 1 unspecified atom stereocenters. The second kappa shape index (κ2) is 8.19. The van der Waals surface area contributed by atoms with Crippen molar-refractivity contribution < 1.29 is 23.1 Å². The highest BCUT2D eigenvalue weighted by Gasteiger charge is 2.31. The summed E-state index contributed by atoms with van der Waals surface area (Å²) in [4.78, 5) is 15.2. The maximum Gasteiger partial charge on any atom is 0.417 e. The number of aliphatic hydroxyl groups excluding tert-OH is 1. The molecule has 1 aromatic heterocycles. The molecule has 1 aromatic rings. The van der Waals surface area contributed by atoms with Gasteiger partial charge >= 0.3 is 6.18 Å². The highest BCUT2D eigenvalue weighted by molar-refractivity contribution is 6.32. The van der Waals surface area contributed by atoms with Gasteiger partial charge in [-0.25, -0.2) is 4.98 Å². The van der Waals surface area contributed by atoms with Crippen molar-refractivity contribution >= 4 is 23.3 Å². The number of halogens is 4. The van der Waals surface area contributed by atoms with Crippen molar-refractivity contribution in [3.63, 3.8) is 0 Å². The van der Waals surface area contributed by atoms with Crippen LogP contribution in [0.15, 0.2) is 12.3 Å². The quantitative estimate of drug-likeness (QED) is 0.713. The van der Waals surface area contributed by atoms with Crippen LogP contribution in [0.4, 0.5) is 19.0 Å². The fourth-order valence-corrected chi connectivity index (χ4v) is 1.83. The molecule has 0 aromatic carbocycles. The van der Waals surface area contributed by atoms with Gasteiger partial charge in [-0.05, 0) is 12.5 Å². The Balaban J connectivity index is 2.50. The zero-order valence-corrected chi connectivity index (χ0v) is 12.6. The number of aliphatic hydroxyl groups is 1. The van der Waals surface area contributed by atoms with E-state index >= 15 is 0 Å². The van der Waals surface area contributed by atoms with E-state index in [2.05, 4.69) is 15.6 Å². The van der Waals surface area contributed by atoms with E-state index in [1.54, 1.807) is 0 Å². The largest absolute Gasteiger partial charge is 0.417 e. The lowest BCUT2D eigenvalue weighted by atomic mass is 10.2. The SMILES string of the molecule is CCC(CO)NC(=O)CCNc1ncc(C(F)(F)F)cc1Cl. The summed E-state index contributed by atoms with van der Waals surface area (Å²) in [5.41, 5.74) is -0.936. The van der Waals surface area contributed by atoms with Crippen molar-refractivity contribution in [2.45, 2.75) is 32.0 Å². The van der Waals surface area contributed by atoms with E-state index < -0.39 is 11.7 Å². The minimum Gasteiger partial charge on any atom is -0.394 e. The molecule has 124 valence electrons. The van der Waals surface area contributed by atoms with Crippen LogP contribution in [0.3, 0.4) is 0 Å². The first-order chi connectivity index (χ1) is 10.3. The normalized spacial score (nSPS) is 12.8. The average Bonchev–Trinajstić information content (AvgIpc) is 2.45. The molecule has 5 nitrogen and oxygen atoms in total. The summed E-state index contributed by atoms with van der Waals surface area (Å²) in [7, 11) is 0. The molecule has 9 heteroatoms. The first-order valence-corrected chi connectivity index (χ1v) is 7.02. The fraction of sp³-hybridized carbons (Fsp3) is 0.538. The number of aromatic nitrogens is 1. The van der Waals surface area contributed by atoms with Crippen LogP contribution in [0.1, 0.15) is 25.3 Å². The predicted octanol–water partition coefficient (Wildman–Crippen LogP) is 2.44. The lowest BCUT2D eigenvalue weighted by Gasteiger charge is -2.14. The number of amides is 1. The minimum absolute atomic E-state index is 0.0789. The number of nitrogens with one attached hydrogen (secondary N) is 2. The van der Waals surface area contributed by atoms with Crippen molar-refractivity contribution in [2.24, 2.45) is 0 Å². The van der Waals surface area contributed by atoms with E-state index in [-0.39, 0.29) is 42.4 Å². The summed E-state index contributed by atoms with van der Waals surface area (Å²) in [5, 5.41) is 14.1. The summed E-state index contributed by atoms with van der Waals surface area (Å²) >= 11 is 5.72. The fourth-order valence-electron chi connectivity index (χ4n) is 1.59. The van der Waals surface area contributed by atoms with Gasteiger partial charge in [0, 0.05) is 19.2 Å². The number of hydrogen-bond acceptors (Lipinski definition) is 4. The Hall–Kier alpha value is -1.54. The van der Waals surface area contributed by atoms with Crippen molar-refractivity contribution in [3.05, 3.63) is 22.8 Å². The number of alkyl halides is 3. The third kappa shape index (κ3) is 5.69. The zero-order chi connectivity index (χ0) is 16.8. The van der Waals surface area contributed by atoms with Crippen molar-refractivity contribution in [1.29, 1.82) is 0 Å². The standard InChI is InChI=1S/C13H17ClF3N3O2/c1-2-9(7-21)20-11(22)3-4-18-12-10(14)5-8(6-19-12)13(15,16)17/h5-6,9,21H,2-4,7H2,1H3,(H,18,19)(H,20,22). The van der Waals surface area contributed by atoms with E-state index in [4.69, 9.17) is 16.7 Å². The monoisotopic (exact) mass is 339 g/mol. The summed E-state index contributed by atoms with van der Waals surface area (Å²) in [6.45, 7) is 1.83. The van der Waals surface area contributed by atoms with Crippen molar-refractivity contribution in [2.75, 3.05) is 18.5 Å². The van der Waals surface area contributed by atoms with Gasteiger partial charge in [-0.15, -0.1) is 0 Å². The Labute approximate surface area is 130 Å². The lowest BCUT2D eigenvalue weighted by molar-refractivity contribution is -0.137. The van der Waals surface area contributed by atoms with Crippen LogP contribution in [0.5, 0.6) is 0 Å². The Morgan fingerprint density at radius 1 is 1.50 bits per heavy atom. The molecular formula is C13H17ClF3N3O2. The van der Waals surface area contributed by atoms with Crippen molar-refractivity contribution in [1.82, 2.24) is 10.3 Å². The van der Waals surface area contributed by atoms with Gasteiger partial charge in [0.25, 0.3) is 0 Å². The summed E-state index contributed by atoms with van der Waals surface area (Å²) in [6, 6.07) is 0.468. The lowest BCUT2D eigenvalue weighted by Crippen LogP contribution is -2.37. The molecule has 22 heavy (non-hydrogen) atoms. The van der Waals surface area contributed by atoms with E-state index in [9.17, 15) is 18.0 Å². The maximum atomic E-state index is 12.5. The Morgan fingerprint density at radius 3 is 2.68 bits per heavy atom. The predicted molar refractivity (Wildman–Crippen MR) is 76.7 cm³/mol. The third-order valence-electron chi connectivity index (χ3n) is 2.89. The van der Waals surface area contributed by atoms with E-state index in [0.717, 1.165) is 6.07 Å². The molecule has 3 N–H and O–H groups in total. The van der Waals surface area contributed by atoms with Gasteiger partial charge in [0.1, 0.15) is 5.82 Å². The van der Waals surface area contributed by atoms with Crippen LogP contribution in [0.2, 0.25) is 5.02 Å². The van der Waals surface area contributed by atoms with Gasteiger partial charge in [0.2, 0.25) is 5.91 Å². The molecule has 0 bridgehead atoms. The van der Waals surface area contributed by atoms with Gasteiger partial charge in [-0.2, -0.15) is 13.2 Å². The van der Waals surface area contributed by atoms with Crippen LogP contribution >= 0.6 is 11.6 Å². The van der Waals surface area contributed by atoms with E-state index in [1.165, 1.54) is 0 Å². The molecule has 0 aliphatic rings. The molecule has 1 heterocycles. The smallest absolute Gasteiger partial charge is 0.394 e. The molecule has 0 saturated carbocycles. The molecule has 1 rings (SSSR count). The molecule has 0 saturated heterocycles. The Kier molecular flexibility index (Phi) is 6.89. The number of pyridine rings is 1. The van der Waals surface area contributed by atoms with Crippen LogP contribution in [-0.4, -0.2) is 35.2 Å². The van der Waals surface area contributed by atoms with Gasteiger partial charge < -0.3 is 15.7 Å². The topological polar surface area (TPSA) is 74.2 Å². The van der Waals surface area contributed by atoms with Gasteiger partial charge in [0.05, 0.1) is 23.2 Å². The zero-order valence-electron chi connectivity index (χ0n) is 11.9. The van der Waals surface area contributed by atoms with Crippen LogP contribution < -0.4 is 10.6 Å². The van der Waals surface area contributed by atoms with E-state index in [1.807, 2.05) is 6.92 Å². The van der Waals surface area contributed by atoms with E-state index in [0.29, 0.717) is 12.6 Å². The van der Waals surface area contributed by atoms with Crippen molar-refractivity contribution in [3.8, 4) is 0 Å². The van der Waals surface area contributed by atoms with Gasteiger partial charge in [-0.1, -0.05) is 18.5 Å². The number of carbonyl (C=O) groups is 1. The first kappa shape index (κ1) is 18.5. The van der Waals surface area contributed by atoms with Gasteiger partial charge in [-0.3, -0.25) is 4.79 Å². The summed E-state index contributed by atoms with van der Waals surface area (Å²) in [5.74, 6) is -0.201. The summed E-state index contributed by atoms with van der Waals surface area (Å²) in [6.07, 6.45) is -3.15. The van der Waals surface area contributed by atoms with Crippen LogP contribution in [0, 0.1) is 0 Å². The molecule has 0 fully saturated rings. The number of hydrogen-bond donors (Lipinski definition) is 3. The van der Waals surface area contributed by atoms with Crippen LogP contribution in [0.25, 0.3) is 0 Å². The van der Waals surface area contributed by atoms with Gasteiger partial charge in [0.15, 0.2) is 0 Å². The maximum absolute atomic E-state index is 12.5. The number of carbonyl (C=O) groups excluding carboxylic acids is 1. The highest BCUT2D eigenvalue weighted by Crippen LogP contribution is 2.32. The summed E-state index contributed by atoms with van der Waals surface area (Å²) < 4.78 is 37.4. The highest BCUT2D eigenvalue weighted by atomic mass is 35.5. The van der Waals surface area contributed by atoms with Crippen LogP contribution in [-0.2, 0) is 11.0 Å².